The Morgan fingerprint density at radius 2 is 1.78 bits per heavy atom. The Labute approximate surface area is 188 Å². The van der Waals surface area contributed by atoms with Crippen LogP contribution in [0.2, 0.25) is 0 Å². The number of rotatable bonds is 7. The van der Waals surface area contributed by atoms with Crippen molar-refractivity contribution >= 4 is 17.4 Å². The molecule has 0 N–H and O–H groups in total. The normalized spacial score (nSPS) is 11.2. The second-order valence-corrected chi connectivity index (χ2v) is 7.98. The first-order valence-corrected chi connectivity index (χ1v) is 11.2. The number of imidazole rings is 1. The van der Waals surface area contributed by atoms with Gasteiger partial charge in [0.15, 0.2) is 11.0 Å². The summed E-state index contributed by atoms with van der Waals surface area (Å²) in [6.45, 7) is 2.53. The quantitative estimate of drug-likeness (QED) is 0.314. The van der Waals surface area contributed by atoms with Crippen LogP contribution in [-0.2, 0) is 5.75 Å². The maximum absolute atomic E-state index is 14.8. The largest absolute Gasteiger partial charge is 0.494 e. The van der Waals surface area contributed by atoms with Crippen LogP contribution in [0.1, 0.15) is 12.6 Å². The molecule has 8 heteroatoms. The minimum Gasteiger partial charge on any atom is -0.494 e. The number of fused-ring (bicyclic) bond motifs is 1. The molecule has 2 aromatic carbocycles. The van der Waals surface area contributed by atoms with Crippen LogP contribution >= 0.6 is 11.8 Å². The molecule has 0 atom stereocenters. The lowest BCUT2D eigenvalue weighted by atomic mass is 10.2. The van der Waals surface area contributed by atoms with Crippen molar-refractivity contribution in [2.45, 2.75) is 17.8 Å². The van der Waals surface area contributed by atoms with Crippen LogP contribution in [0.3, 0.4) is 0 Å². The number of nitrogens with zero attached hydrogens (tertiary/aromatic N) is 5. The van der Waals surface area contributed by atoms with E-state index in [1.807, 2.05) is 66.2 Å². The summed E-state index contributed by atoms with van der Waals surface area (Å²) in [5.74, 6) is 1.58. The van der Waals surface area contributed by atoms with Gasteiger partial charge in [-0.05, 0) is 55.5 Å². The molecule has 0 fully saturated rings. The zero-order valence-electron chi connectivity index (χ0n) is 17.4. The molecule has 3 heterocycles. The highest BCUT2D eigenvalue weighted by Gasteiger charge is 2.19. The summed E-state index contributed by atoms with van der Waals surface area (Å²) in [7, 11) is 0. The molecule has 3 aromatic heterocycles. The summed E-state index contributed by atoms with van der Waals surface area (Å²) in [6, 6.07) is 20.1. The van der Waals surface area contributed by atoms with Crippen LogP contribution in [0.15, 0.2) is 84.3 Å². The van der Waals surface area contributed by atoms with E-state index in [0.29, 0.717) is 29.0 Å². The minimum absolute atomic E-state index is 0.339. The average Bonchev–Trinajstić information content (AvgIpc) is 3.42. The van der Waals surface area contributed by atoms with E-state index in [-0.39, 0.29) is 5.82 Å². The van der Waals surface area contributed by atoms with Gasteiger partial charge < -0.3 is 9.14 Å². The number of thioether (sulfide) groups is 1. The lowest BCUT2D eigenvalue weighted by molar-refractivity contribution is 0.340. The van der Waals surface area contributed by atoms with Gasteiger partial charge in [-0.15, -0.1) is 10.2 Å². The van der Waals surface area contributed by atoms with Gasteiger partial charge in [-0.2, -0.15) is 0 Å². The lowest BCUT2D eigenvalue weighted by Gasteiger charge is -2.11. The SMILES string of the molecule is CCOc1ccc(-c2nnc(SCc3cn4ccccc4n3)n2-c2ccccc2F)cc1. The van der Waals surface area contributed by atoms with Crippen LogP contribution in [0.25, 0.3) is 22.7 Å². The third kappa shape index (κ3) is 3.97. The van der Waals surface area contributed by atoms with Gasteiger partial charge in [0.1, 0.15) is 17.2 Å². The molecule has 0 aliphatic heterocycles. The second kappa shape index (κ2) is 8.84. The van der Waals surface area contributed by atoms with E-state index < -0.39 is 0 Å². The van der Waals surface area contributed by atoms with Crippen LogP contribution in [-0.4, -0.2) is 30.8 Å². The fourth-order valence-corrected chi connectivity index (χ4v) is 4.29. The second-order valence-electron chi connectivity index (χ2n) is 7.04. The Balaban J connectivity index is 1.51. The van der Waals surface area contributed by atoms with Crippen LogP contribution < -0.4 is 4.74 Å². The van der Waals surface area contributed by atoms with Gasteiger partial charge in [0.2, 0.25) is 0 Å². The molecule has 32 heavy (non-hydrogen) atoms. The van der Waals surface area contributed by atoms with E-state index in [2.05, 4.69) is 15.2 Å². The molecule has 160 valence electrons. The molecule has 5 rings (SSSR count). The van der Waals surface area contributed by atoms with Crippen LogP contribution in [0, 0.1) is 5.82 Å². The number of para-hydroxylation sites is 1. The van der Waals surface area contributed by atoms with E-state index in [9.17, 15) is 4.39 Å². The van der Waals surface area contributed by atoms with Crippen molar-refractivity contribution in [3.05, 3.63) is 90.6 Å². The molecule has 0 unspecified atom stereocenters. The molecule has 0 bridgehead atoms. The first kappa shape index (κ1) is 20.3. The highest BCUT2D eigenvalue weighted by Crippen LogP contribution is 2.31. The van der Waals surface area contributed by atoms with Gasteiger partial charge in [-0.1, -0.05) is 30.0 Å². The predicted octanol–water partition coefficient (Wildman–Crippen LogP) is 5.41. The molecule has 0 spiro atoms. The predicted molar refractivity (Wildman–Crippen MR) is 123 cm³/mol. The van der Waals surface area contributed by atoms with E-state index in [1.54, 1.807) is 22.8 Å². The molecule has 0 amide bonds. The number of hydrogen-bond acceptors (Lipinski definition) is 5. The minimum atomic E-state index is -0.339. The molecule has 0 radical (unpaired) electrons. The van der Waals surface area contributed by atoms with Crippen molar-refractivity contribution in [2.24, 2.45) is 0 Å². The first-order valence-electron chi connectivity index (χ1n) is 10.2. The lowest BCUT2D eigenvalue weighted by Crippen LogP contribution is -2.02. The molecule has 5 aromatic rings. The van der Waals surface area contributed by atoms with Gasteiger partial charge >= 0.3 is 0 Å². The number of aromatic nitrogens is 5. The number of benzene rings is 2. The van der Waals surface area contributed by atoms with Crippen LogP contribution in [0.4, 0.5) is 4.39 Å². The maximum Gasteiger partial charge on any atom is 0.196 e. The van der Waals surface area contributed by atoms with Crippen molar-refractivity contribution in [3.8, 4) is 22.8 Å². The molecule has 0 aliphatic rings. The highest BCUT2D eigenvalue weighted by atomic mass is 32.2. The van der Waals surface area contributed by atoms with Crippen molar-refractivity contribution < 1.29 is 9.13 Å². The number of halogens is 1. The number of hydrogen-bond donors (Lipinski definition) is 0. The molecule has 0 saturated carbocycles. The summed E-state index contributed by atoms with van der Waals surface area (Å²) >= 11 is 1.47. The fraction of sp³-hybridized carbons (Fsp3) is 0.125. The summed E-state index contributed by atoms with van der Waals surface area (Å²) in [5, 5.41) is 9.37. The molecule has 6 nitrogen and oxygen atoms in total. The summed E-state index contributed by atoms with van der Waals surface area (Å²) in [5.41, 5.74) is 3.02. The van der Waals surface area contributed by atoms with E-state index in [4.69, 9.17) is 4.74 Å². The third-order valence-corrected chi connectivity index (χ3v) is 5.88. The standard InChI is InChI=1S/C24H20FN5OS/c1-2-31-19-12-10-17(11-13-19)23-27-28-24(30(23)21-8-4-3-7-20(21)25)32-16-18-15-29-14-6-5-9-22(29)26-18/h3-15H,2,16H2,1H3. The van der Waals surface area contributed by atoms with Crippen LogP contribution in [0.5, 0.6) is 5.75 Å². The maximum atomic E-state index is 14.8. The van der Waals surface area contributed by atoms with Crippen molar-refractivity contribution in [1.82, 2.24) is 24.1 Å². The average molecular weight is 446 g/mol. The zero-order valence-corrected chi connectivity index (χ0v) is 18.2. The summed E-state index contributed by atoms with van der Waals surface area (Å²) in [4.78, 5) is 4.64. The van der Waals surface area contributed by atoms with Crippen molar-refractivity contribution in [3.63, 3.8) is 0 Å². The van der Waals surface area contributed by atoms with Gasteiger partial charge in [0.25, 0.3) is 0 Å². The molecule has 0 saturated heterocycles. The highest BCUT2D eigenvalue weighted by molar-refractivity contribution is 7.98. The fourth-order valence-electron chi connectivity index (χ4n) is 3.46. The van der Waals surface area contributed by atoms with Crippen molar-refractivity contribution in [2.75, 3.05) is 6.61 Å². The van der Waals surface area contributed by atoms with Gasteiger partial charge in [0.05, 0.1) is 18.0 Å². The van der Waals surface area contributed by atoms with E-state index in [1.165, 1.54) is 17.8 Å². The summed E-state index contributed by atoms with van der Waals surface area (Å²) in [6.07, 6.45) is 3.95. The Hall–Kier alpha value is -3.65. The van der Waals surface area contributed by atoms with E-state index in [0.717, 1.165) is 22.7 Å². The third-order valence-electron chi connectivity index (χ3n) is 4.91. The van der Waals surface area contributed by atoms with Gasteiger partial charge in [0, 0.05) is 23.7 Å². The van der Waals surface area contributed by atoms with Gasteiger partial charge in [-0.3, -0.25) is 4.57 Å². The van der Waals surface area contributed by atoms with Crippen molar-refractivity contribution in [1.29, 1.82) is 0 Å². The molecular formula is C24H20FN5OS. The Bertz CT molecular complexity index is 1330. The molecular weight excluding hydrogens is 425 g/mol. The number of pyridine rings is 1. The smallest absolute Gasteiger partial charge is 0.196 e. The monoisotopic (exact) mass is 445 g/mol. The zero-order chi connectivity index (χ0) is 21.9. The first-order chi connectivity index (χ1) is 15.7. The topological polar surface area (TPSA) is 57.2 Å². The Morgan fingerprint density at radius 1 is 0.969 bits per heavy atom. The Kier molecular flexibility index (Phi) is 5.60. The summed E-state index contributed by atoms with van der Waals surface area (Å²) < 4.78 is 24.0. The molecule has 0 aliphatic carbocycles. The number of ether oxygens (including phenoxy) is 1. The Morgan fingerprint density at radius 3 is 2.56 bits per heavy atom. The van der Waals surface area contributed by atoms with Gasteiger partial charge in [-0.25, -0.2) is 9.37 Å². The van der Waals surface area contributed by atoms with E-state index >= 15 is 0 Å².